The van der Waals surface area contributed by atoms with Crippen LogP contribution in [-0.2, 0) is 0 Å². The Morgan fingerprint density at radius 2 is 2.21 bits per heavy atom. The number of benzene rings is 1. The maximum absolute atomic E-state index is 4.52. The summed E-state index contributed by atoms with van der Waals surface area (Å²) in [7, 11) is 0. The Morgan fingerprint density at radius 1 is 1.36 bits per heavy atom. The van der Waals surface area contributed by atoms with Gasteiger partial charge in [0, 0.05) is 17.6 Å². The largest absolute Gasteiger partial charge is 0.366 e. The van der Waals surface area contributed by atoms with Gasteiger partial charge in [-0.3, -0.25) is 0 Å². The van der Waals surface area contributed by atoms with Gasteiger partial charge in [-0.15, -0.1) is 0 Å². The van der Waals surface area contributed by atoms with Crippen LogP contribution in [0.1, 0.15) is 6.92 Å². The van der Waals surface area contributed by atoms with Gasteiger partial charge in [0.2, 0.25) is 0 Å². The Bertz CT molecular complexity index is 522. The van der Waals surface area contributed by atoms with Gasteiger partial charge in [-0.25, -0.2) is 4.68 Å². The van der Waals surface area contributed by atoms with Gasteiger partial charge in [-0.2, -0.15) is 5.10 Å². The minimum atomic E-state index is 0.890. The summed E-state index contributed by atoms with van der Waals surface area (Å²) in [6, 6.07) is 8.19. The molecule has 0 spiro atoms. The number of rotatable bonds is 0. The molecular weight excluding hydrogens is 174 g/mol. The highest BCUT2D eigenvalue weighted by Gasteiger charge is 2.13. The van der Waals surface area contributed by atoms with Gasteiger partial charge >= 0.3 is 0 Å². The maximum atomic E-state index is 4.52. The highest BCUT2D eigenvalue weighted by Crippen LogP contribution is 2.27. The lowest BCUT2D eigenvalue weighted by atomic mass is 10.2. The third kappa shape index (κ3) is 0.894. The topological polar surface area (TPSA) is 29.9 Å². The van der Waals surface area contributed by atoms with Crippen molar-refractivity contribution >= 4 is 22.4 Å². The molecule has 1 aliphatic rings. The number of aromatic nitrogens is 2. The van der Waals surface area contributed by atoms with E-state index in [0.717, 1.165) is 17.9 Å². The Hall–Kier alpha value is -1.77. The van der Waals surface area contributed by atoms with Crippen molar-refractivity contribution in [2.24, 2.45) is 0 Å². The van der Waals surface area contributed by atoms with Gasteiger partial charge in [-0.05, 0) is 25.1 Å². The third-order valence-corrected chi connectivity index (χ3v) is 2.58. The fourth-order valence-corrected chi connectivity index (χ4v) is 1.84. The molecule has 70 valence electrons. The van der Waals surface area contributed by atoms with Crippen molar-refractivity contribution < 1.29 is 0 Å². The zero-order valence-corrected chi connectivity index (χ0v) is 7.99. The smallest absolute Gasteiger partial charge is 0.137 e. The summed E-state index contributed by atoms with van der Waals surface area (Å²) in [5, 5.41) is 9.05. The van der Waals surface area contributed by atoms with Crippen LogP contribution >= 0.6 is 0 Å². The molecular formula is C11H11N3. The minimum absolute atomic E-state index is 0.890. The van der Waals surface area contributed by atoms with Crippen molar-refractivity contribution in [1.29, 1.82) is 0 Å². The summed E-state index contributed by atoms with van der Waals surface area (Å²) in [6.45, 7) is 2.97. The molecule has 1 aromatic carbocycles. The van der Waals surface area contributed by atoms with Crippen LogP contribution in [0, 0.1) is 0 Å². The van der Waals surface area contributed by atoms with Crippen LogP contribution in [-0.4, -0.2) is 16.3 Å². The van der Waals surface area contributed by atoms with Crippen LogP contribution < -0.4 is 5.32 Å². The average Bonchev–Trinajstić information content (AvgIpc) is 2.59. The molecule has 14 heavy (non-hydrogen) atoms. The maximum Gasteiger partial charge on any atom is 0.137 e. The van der Waals surface area contributed by atoms with E-state index < -0.39 is 0 Å². The molecule has 1 aromatic heterocycles. The van der Waals surface area contributed by atoms with E-state index in [1.165, 1.54) is 11.1 Å². The molecule has 1 aliphatic heterocycles. The monoisotopic (exact) mass is 185 g/mol. The van der Waals surface area contributed by atoms with E-state index >= 15 is 0 Å². The molecule has 0 bridgehead atoms. The quantitative estimate of drug-likeness (QED) is 0.682. The first-order chi connectivity index (χ1) is 6.86. The lowest BCUT2D eigenvalue weighted by Gasteiger charge is -2.14. The summed E-state index contributed by atoms with van der Waals surface area (Å²) >= 11 is 0. The minimum Gasteiger partial charge on any atom is -0.366 e. The molecule has 0 radical (unpaired) electrons. The first kappa shape index (κ1) is 7.62. The highest BCUT2D eigenvalue weighted by molar-refractivity contribution is 5.92. The first-order valence-electron chi connectivity index (χ1n) is 4.75. The van der Waals surface area contributed by atoms with Gasteiger partial charge in [0.05, 0.1) is 5.52 Å². The van der Waals surface area contributed by atoms with E-state index in [4.69, 9.17) is 0 Å². The second-order valence-electron chi connectivity index (χ2n) is 3.50. The van der Waals surface area contributed by atoms with Gasteiger partial charge < -0.3 is 5.32 Å². The van der Waals surface area contributed by atoms with E-state index in [1.807, 2.05) is 22.9 Å². The molecule has 0 unspecified atom stereocenters. The first-order valence-corrected chi connectivity index (χ1v) is 4.75. The van der Waals surface area contributed by atoms with Crippen LogP contribution in [0.15, 0.2) is 30.3 Å². The number of nitrogens with one attached hydrogen (secondary N) is 1. The van der Waals surface area contributed by atoms with Crippen molar-refractivity contribution in [2.45, 2.75) is 6.92 Å². The van der Waals surface area contributed by atoms with Crippen molar-refractivity contribution in [3.63, 3.8) is 0 Å². The molecule has 3 nitrogen and oxygen atoms in total. The Morgan fingerprint density at radius 3 is 3.14 bits per heavy atom. The Labute approximate surface area is 82.0 Å². The van der Waals surface area contributed by atoms with Crippen LogP contribution in [0.4, 0.5) is 5.82 Å². The lowest BCUT2D eigenvalue weighted by molar-refractivity contribution is 0.892. The summed E-state index contributed by atoms with van der Waals surface area (Å²) in [5.74, 6) is 1.11. The molecule has 2 aromatic rings. The predicted molar refractivity (Wildman–Crippen MR) is 58.2 cm³/mol. The molecule has 0 saturated carbocycles. The number of nitrogens with zero attached hydrogens (tertiary/aromatic N) is 2. The van der Waals surface area contributed by atoms with Crippen LogP contribution in [0.2, 0.25) is 0 Å². The van der Waals surface area contributed by atoms with Crippen molar-refractivity contribution in [1.82, 2.24) is 9.78 Å². The fourth-order valence-electron chi connectivity index (χ4n) is 1.84. The number of fused-ring (bicyclic) bond motifs is 3. The SMILES string of the molecule is CC1=CCNc2c3ccccc3nn21. The van der Waals surface area contributed by atoms with Gasteiger partial charge in [0.1, 0.15) is 5.82 Å². The van der Waals surface area contributed by atoms with Crippen LogP contribution in [0.3, 0.4) is 0 Å². The summed E-state index contributed by atoms with van der Waals surface area (Å²) in [4.78, 5) is 0. The fraction of sp³-hybridized carbons (Fsp3) is 0.182. The van der Waals surface area contributed by atoms with E-state index in [0.29, 0.717) is 0 Å². The molecule has 2 heterocycles. The number of hydrogen-bond donors (Lipinski definition) is 1. The van der Waals surface area contributed by atoms with E-state index in [-0.39, 0.29) is 0 Å². The molecule has 0 saturated heterocycles. The van der Waals surface area contributed by atoms with Crippen molar-refractivity contribution in [3.05, 3.63) is 30.3 Å². The van der Waals surface area contributed by atoms with Crippen LogP contribution in [0.5, 0.6) is 0 Å². The highest BCUT2D eigenvalue weighted by atomic mass is 15.3. The lowest BCUT2D eigenvalue weighted by Crippen LogP contribution is -2.12. The standard InChI is InChI=1S/C11H11N3/c1-8-6-7-12-11-9-4-2-3-5-10(9)13-14(8)11/h2-6,12H,7H2,1H3. The molecule has 0 aliphatic carbocycles. The van der Waals surface area contributed by atoms with Gasteiger partial charge in [0.15, 0.2) is 0 Å². The summed E-state index contributed by atoms with van der Waals surface area (Å²) in [6.07, 6.45) is 2.14. The van der Waals surface area contributed by atoms with Crippen molar-refractivity contribution in [3.8, 4) is 0 Å². The molecule has 3 rings (SSSR count). The van der Waals surface area contributed by atoms with Gasteiger partial charge in [0.25, 0.3) is 0 Å². The number of anilines is 1. The molecule has 0 fully saturated rings. The van der Waals surface area contributed by atoms with E-state index in [9.17, 15) is 0 Å². The Balaban J connectivity index is 2.40. The van der Waals surface area contributed by atoms with E-state index in [1.54, 1.807) is 0 Å². The summed E-state index contributed by atoms with van der Waals surface area (Å²) < 4.78 is 1.97. The molecule has 3 heteroatoms. The third-order valence-electron chi connectivity index (χ3n) is 2.58. The molecule has 0 atom stereocenters. The predicted octanol–water partition coefficient (Wildman–Crippen LogP) is 2.32. The number of hydrogen-bond acceptors (Lipinski definition) is 2. The van der Waals surface area contributed by atoms with Gasteiger partial charge in [-0.1, -0.05) is 12.1 Å². The normalized spacial score (nSPS) is 14.8. The number of allylic oxidation sites excluding steroid dienone is 1. The zero-order valence-electron chi connectivity index (χ0n) is 7.99. The molecule has 1 N–H and O–H groups in total. The Kier molecular flexibility index (Phi) is 1.42. The molecule has 0 amide bonds. The average molecular weight is 185 g/mol. The van der Waals surface area contributed by atoms with Crippen LogP contribution in [0.25, 0.3) is 16.6 Å². The summed E-state index contributed by atoms with van der Waals surface area (Å²) in [5.41, 5.74) is 2.24. The van der Waals surface area contributed by atoms with Crippen molar-refractivity contribution in [2.75, 3.05) is 11.9 Å². The second-order valence-corrected chi connectivity index (χ2v) is 3.50. The second kappa shape index (κ2) is 2.61. The zero-order chi connectivity index (χ0) is 9.54. The van der Waals surface area contributed by atoms with E-state index in [2.05, 4.69) is 29.5 Å².